The van der Waals surface area contributed by atoms with Crippen LogP contribution in [0.15, 0.2) is 91.0 Å². The van der Waals surface area contributed by atoms with E-state index >= 15 is 0 Å². The Morgan fingerprint density at radius 1 is 0.429 bits per heavy atom. The lowest BCUT2D eigenvalue weighted by atomic mass is 9.79. The molecule has 0 aliphatic carbocycles. The van der Waals surface area contributed by atoms with E-state index in [1.165, 1.54) is 33.4 Å². The van der Waals surface area contributed by atoms with E-state index in [2.05, 4.69) is 151 Å². The van der Waals surface area contributed by atoms with Gasteiger partial charge >= 0.3 is 0 Å². The van der Waals surface area contributed by atoms with Gasteiger partial charge < -0.3 is 4.90 Å². The van der Waals surface area contributed by atoms with Gasteiger partial charge in [0.05, 0.1) is 0 Å². The van der Waals surface area contributed by atoms with Crippen molar-refractivity contribution in [3.05, 3.63) is 113 Å². The van der Waals surface area contributed by atoms with Gasteiger partial charge in [-0.3, -0.25) is 0 Å². The Kier molecular flexibility index (Phi) is 6.64. The summed E-state index contributed by atoms with van der Waals surface area (Å²) >= 11 is 0. The van der Waals surface area contributed by atoms with Crippen LogP contribution in [0.25, 0.3) is 11.1 Å². The predicted octanol–water partition coefficient (Wildman–Crippen LogP) is 10.0. The van der Waals surface area contributed by atoms with Crippen LogP contribution in [-0.2, 0) is 10.8 Å². The fraction of sp³-hybridized carbons (Fsp3) is 0.294. The molecule has 0 aliphatic heterocycles. The highest BCUT2D eigenvalue weighted by Gasteiger charge is 2.21. The van der Waals surface area contributed by atoms with Gasteiger partial charge in [0.2, 0.25) is 0 Å². The molecule has 0 atom stereocenters. The largest absolute Gasteiger partial charge is 0.311 e. The van der Waals surface area contributed by atoms with E-state index in [-0.39, 0.29) is 10.8 Å². The lowest BCUT2D eigenvalue weighted by molar-refractivity contribution is 0.569. The zero-order valence-electron chi connectivity index (χ0n) is 22.6. The van der Waals surface area contributed by atoms with E-state index < -0.39 is 0 Å². The summed E-state index contributed by atoms with van der Waals surface area (Å²) in [7, 11) is 0. The molecule has 0 aliphatic rings. The fourth-order valence-electron chi connectivity index (χ4n) is 4.30. The molecule has 0 aromatic heterocycles. The van der Waals surface area contributed by atoms with Gasteiger partial charge in [-0.1, -0.05) is 107 Å². The van der Waals surface area contributed by atoms with Crippen LogP contribution in [0.5, 0.6) is 0 Å². The quantitative estimate of drug-likeness (QED) is 0.292. The van der Waals surface area contributed by atoms with Gasteiger partial charge in [-0.15, -0.1) is 0 Å². The minimum atomic E-state index is 0.101. The van der Waals surface area contributed by atoms with Gasteiger partial charge in [0.15, 0.2) is 0 Å². The smallest absolute Gasteiger partial charge is 0.0462 e. The van der Waals surface area contributed by atoms with Crippen molar-refractivity contribution in [2.75, 3.05) is 4.90 Å². The van der Waals surface area contributed by atoms with Gasteiger partial charge in [-0.2, -0.15) is 0 Å². The first kappa shape index (κ1) is 24.8. The summed E-state index contributed by atoms with van der Waals surface area (Å²) in [6, 6.07) is 33.6. The molecule has 35 heavy (non-hydrogen) atoms. The molecule has 0 saturated carbocycles. The summed E-state index contributed by atoms with van der Waals surface area (Å²) in [6.45, 7) is 18.0. The SMILES string of the molecule is Cc1ccc(N(c2ccc(C)cc2)c2ccc(-c3cc(C(C)(C)C)cc(C(C)(C)C)c3)cc2)cc1. The third-order valence-corrected chi connectivity index (χ3v) is 6.71. The molecular weight excluding hydrogens is 422 g/mol. The van der Waals surface area contributed by atoms with Gasteiger partial charge in [0, 0.05) is 17.1 Å². The molecule has 0 unspecified atom stereocenters. The van der Waals surface area contributed by atoms with Gasteiger partial charge in [0.25, 0.3) is 0 Å². The van der Waals surface area contributed by atoms with Crippen LogP contribution >= 0.6 is 0 Å². The Morgan fingerprint density at radius 3 is 1.11 bits per heavy atom. The van der Waals surface area contributed by atoms with Gasteiger partial charge in [-0.05, 0) is 83.3 Å². The summed E-state index contributed by atoms with van der Waals surface area (Å²) < 4.78 is 0. The fourth-order valence-corrected chi connectivity index (χ4v) is 4.30. The van der Waals surface area contributed by atoms with Crippen LogP contribution in [0.4, 0.5) is 17.1 Å². The van der Waals surface area contributed by atoms with E-state index in [0.29, 0.717) is 0 Å². The topological polar surface area (TPSA) is 3.24 Å². The molecular formula is C34H39N. The molecule has 0 heterocycles. The Morgan fingerprint density at radius 2 is 0.771 bits per heavy atom. The summed E-state index contributed by atoms with van der Waals surface area (Å²) in [5.41, 5.74) is 11.5. The third-order valence-electron chi connectivity index (χ3n) is 6.71. The first-order valence-electron chi connectivity index (χ1n) is 12.6. The maximum atomic E-state index is 2.38. The molecule has 1 heteroatoms. The molecule has 180 valence electrons. The maximum Gasteiger partial charge on any atom is 0.0462 e. The first-order valence-corrected chi connectivity index (χ1v) is 12.6. The van der Waals surface area contributed by atoms with Gasteiger partial charge in [-0.25, -0.2) is 0 Å². The van der Waals surface area contributed by atoms with Crippen LogP contribution in [0.3, 0.4) is 0 Å². The number of aryl methyl sites for hydroxylation is 2. The van der Waals surface area contributed by atoms with E-state index in [4.69, 9.17) is 0 Å². The molecule has 0 N–H and O–H groups in total. The van der Waals surface area contributed by atoms with Crippen molar-refractivity contribution in [2.45, 2.75) is 66.2 Å². The van der Waals surface area contributed by atoms with E-state index in [1.807, 2.05) is 0 Å². The summed E-state index contributed by atoms with van der Waals surface area (Å²) in [5, 5.41) is 0. The molecule has 4 rings (SSSR count). The van der Waals surface area contributed by atoms with E-state index in [1.54, 1.807) is 0 Å². The zero-order valence-corrected chi connectivity index (χ0v) is 22.6. The molecule has 0 amide bonds. The van der Waals surface area contributed by atoms with Crippen molar-refractivity contribution in [3.63, 3.8) is 0 Å². The number of nitrogens with zero attached hydrogens (tertiary/aromatic N) is 1. The van der Waals surface area contributed by atoms with Crippen molar-refractivity contribution in [3.8, 4) is 11.1 Å². The highest BCUT2D eigenvalue weighted by atomic mass is 15.1. The first-order chi connectivity index (χ1) is 16.4. The molecule has 4 aromatic carbocycles. The molecule has 0 radical (unpaired) electrons. The third kappa shape index (κ3) is 5.68. The normalized spacial score (nSPS) is 12.0. The van der Waals surface area contributed by atoms with Crippen LogP contribution in [0.2, 0.25) is 0 Å². The minimum absolute atomic E-state index is 0.101. The van der Waals surface area contributed by atoms with Crippen LogP contribution in [0.1, 0.15) is 63.8 Å². The Balaban J connectivity index is 1.78. The second kappa shape index (κ2) is 9.38. The average Bonchev–Trinajstić information content (AvgIpc) is 2.81. The molecule has 0 spiro atoms. The van der Waals surface area contributed by atoms with Crippen molar-refractivity contribution >= 4 is 17.1 Å². The summed E-state index contributed by atoms with van der Waals surface area (Å²) in [4.78, 5) is 2.33. The zero-order chi connectivity index (χ0) is 25.4. The number of anilines is 3. The lowest BCUT2D eigenvalue weighted by Crippen LogP contribution is -2.16. The molecule has 0 fully saturated rings. The predicted molar refractivity (Wildman–Crippen MR) is 153 cm³/mol. The molecule has 4 aromatic rings. The van der Waals surface area contributed by atoms with Crippen LogP contribution in [-0.4, -0.2) is 0 Å². The average molecular weight is 462 g/mol. The second-order valence-electron chi connectivity index (χ2n) is 11.9. The number of hydrogen-bond donors (Lipinski definition) is 0. The number of hydrogen-bond acceptors (Lipinski definition) is 1. The summed E-state index contributed by atoms with van der Waals surface area (Å²) in [6.07, 6.45) is 0. The highest BCUT2D eigenvalue weighted by molar-refractivity contribution is 5.78. The standard InChI is InChI=1S/C34H39N/c1-24-9-15-30(16-10-24)35(31-17-11-25(2)12-18-31)32-19-13-26(14-20-32)27-21-28(33(3,4)5)23-29(22-27)34(6,7)8/h9-23H,1-8H3. The molecule has 0 saturated heterocycles. The van der Waals surface area contributed by atoms with Crippen molar-refractivity contribution < 1.29 is 0 Å². The monoisotopic (exact) mass is 461 g/mol. The van der Waals surface area contributed by atoms with E-state index in [9.17, 15) is 0 Å². The second-order valence-corrected chi connectivity index (χ2v) is 11.9. The van der Waals surface area contributed by atoms with Crippen LogP contribution in [0, 0.1) is 13.8 Å². The highest BCUT2D eigenvalue weighted by Crippen LogP contribution is 2.37. The number of benzene rings is 4. The Hall–Kier alpha value is -3.32. The minimum Gasteiger partial charge on any atom is -0.311 e. The Labute approximate surface area is 212 Å². The van der Waals surface area contributed by atoms with Crippen molar-refractivity contribution in [1.82, 2.24) is 0 Å². The molecule has 0 bridgehead atoms. The van der Waals surface area contributed by atoms with Crippen molar-refractivity contribution in [1.29, 1.82) is 0 Å². The Bertz CT molecular complexity index is 1200. The summed E-state index contributed by atoms with van der Waals surface area (Å²) in [5.74, 6) is 0. The van der Waals surface area contributed by atoms with Gasteiger partial charge in [0.1, 0.15) is 0 Å². The van der Waals surface area contributed by atoms with E-state index in [0.717, 1.165) is 17.1 Å². The maximum absolute atomic E-state index is 2.38. The number of rotatable bonds is 4. The molecule has 1 nitrogen and oxygen atoms in total. The van der Waals surface area contributed by atoms with Crippen molar-refractivity contribution in [2.24, 2.45) is 0 Å². The lowest BCUT2D eigenvalue weighted by Gasteiger charge is -2.27. The van der Waals surface area contributed by atoms with Crippen LogP contribution < -0.4 is 4.90 Å².